The van der Waals surface area contributed by atoms with Gasteiger partial charge in [0.1, 0.15) is 0 Å². The Bertz CT molecular complexity index is 488. The van der Waals surface area contributed by atoms with Crippen molar-refractivity contribution in [3.05, 3.63) is 33.3 Å². The zero-order chi connectivity index (χ0) is 13.9. The molecule has 1 aromatic carbocycles. The molecule has 0 aliphatic rings. The Morgan fingerprint density at radius 3 is 2.56 bits per heavy atom. The molecule has 0 aromatic heterocycles. The lowest BCUT2D eigenvalue weighted by Crippen LogP contribution is -2.38. The molecule has 0 saturated heterocycles. The van der Waals surface area contributed by atoms with Crippen LogP contribution < -0.4 is 5.32 Å². The van der Waals surface area contributed by atoms with E-state index in [2.05, 4.69) is 21.2 Å². The average Bonchev–Trinajstić information content (AvgIpc) is 2.25. The summed E-state index contributed by atoms with van der Waals surface area (Å²) in [5.74, 6) is -1.36. The fourth-order valence-corrected chi connectivity index (χ4v) is 1.90. The molecule has 1 rings (SSSR count). The van der Waals surface area contributed by atoms with E-state index in [9.17, 15) is 9.59 Å². The standard InChI is InChI=1S/C12H13BrClNO3/c1-12(2,11(17)18)6-15-10(16)8-4-3-7(13)5-9(8)14/h3-5H,6H2,1-2H3,(H,15,16)(H,17,18). The summed E-state index contributed by atoms with van der Waals surface area (Å²) in [5.41, 5.74) is -0.696. The van der Waals surface area contributed by atoms with E-state index in [1.807, 2.05) is 0 Å². The van der Waals surface area contributed by atoms with Crippen LogP contribution in [0.15, 0.2) is 22.7 Å². The Morgan fingerprint density at radius 1 is 1.44 bits per heavy atom. The fraction of sp³-hybridized carbons (Fsp3) is 0.333. The van der Waals surface area contributed by atoms with Crippen LogP contribution in [0.3, 0.4) is 0 Å². The summed E-state index contributed by atoms with van der Waals surface area (Å²) in [6.45, 7) is 3.12. The Hall–Kier alpha value is -1.07. The van der Waals surface area contributed by atoms with Gasteiger partial charge in [-0.25, -0.2) is 0 Å². The molecule has 1 amide bonds. The maximum Gasteiger partial charge on any atom is 0.310 e. The number of nitrogens with one attached hydrogen (secondary N) is 1. The van der Waals surface area contributed by atoms with Gasteiger partial charge in [-0.15, -0.1) is 0 Å². The van der Waals surface area contributed by atoms with E-state index >= 15 is 0 Å². The molecule has 0 bridgehead atoms. The number of hydrogen-bond donors (Lipinski definition) is 2. The highest BCUT2D eigenvalue weighted by Gasteiger charge is 2.27. The van der Waals surface area contributed by atoms with E-state index in [4.69, 9.17) is 16.7 Å². The molecule has 0 aliphatic carbocycles. The zero-order valence-corrected chi connectivity index (χ0v) is 12.3. The third-order valence-corrected chi connectivity index (χ3v) is 3.25. The summed E-state index contributed by atoms with van der Waals surface area (Å²) >= 11 is 9.17. The summed E-state index contributed by atoms with van der Waals surface area (Å²) in [6, 6.07) is 4.89. The van der Waals surface area contributed by atoms with Gasteiger partial charge in [0, 0.05) is 11.0 Å². The number of carboxylic acids is 1. The molecule has 0 atom stereocenters. The maximum absolute atomic E-state index is 11.8. The molecule has 0 unspecified atom stereocenters. The Morgan fingerprint density at radius 2 is 2.06 bits per heavy atom. The molecule has 0 radical (unpaired) electrons. The van der Waals surface area contributed by atoms with Crippen molar-refractivity contribution in [1.29, 1.82) is 0 Å². The number of carbonyl (C=O) groups excluding carboxylic acids is 1. The largest absolute Gasteiger partial charge is 0.481 e. The summed E-state index contributed by atoms with van der Waals surface area (Å²) in [4.78, 5) is 22.7. The van der Waals surface area contributed by atoms with Gasteiger partial charge in [0.25, 0.3) is 5.91 Å². The predicted octanol–water partition coefficient (Wildman–Crippen LogP) is 2.94. The van der Waals surface area contributed by atoms with Gasteiger partial charge in [0.2, 0.25) is 0 Å². The van der Waals surface area contributed by atoms with Crippen LogP contribution in [0.5, 0.6) is 0 Å². The van der Waals surface area contributed by atoms with Crippen molar-refractivity contribution in [3.63, 3.8) is 0 Å². The molecule has 0 saturated carbocycles. The minimum absolute atomic E-state index is 0.0353. The lowest BCUT2D eigenvalue weighted by Gasteiger charge is -2.19. The van der Waals surface area contributed by atoms with E-state index < -0.39 is 11.4 Å². The Balaban J connectivity index is 2.75. The van der Waals surface area contributed by atoms with E-state index in [0.29, 0.717) is 10.6 Å². The first-order chi connectivity index (χ1) is 8.24. The van der Waals surface area contributed by atoms with Gasteiger partial charge in [0.05, 0.1) is 16.0 Å². The molecule has 2 N–H and O–H groups in total. The van der Waals surface area contributed by atoms with Gasteiger partial charge in [-0.1, -0.05) is 27.5 Å². The van der Waals surface area contributed by atoms with Gasteiger partial charge in [-0.2, -0.15) is 0 Å². The highest BCUT2D eigenvalue weighted by atomic mass is 79.9. The zero-order valence-electron chi connectivity index (χ0n) is 9.96. The second kappa shape index (κ2) is 5.71. The van der Waals surface area contributed by atoms with E-state index in [1.54, 1.807) is 32.0 Å². The van der Waals surface area contributed by atoms with E-state index in [-0.39, 0.29) is 12.5 Å². The van der Waals surface area contributed by atoms with Gasteiger partial charge >= 0.3 is 5.97 Å². The second-order valence-corrected chi connectivity index (χ2v) is 5.82. The molecule has 4 nitrogen and oxygen atoms in total. The summed E-state index contributed by atoms with van der Waals surface area (Å²) in [5, 5.41) is 11.8. The molecule has 1 aromatic rings. The highest BCUT2D eigenvalue weighted by molar-refractivity contribution is 9.10. The van der Waals surface area contributed by atoms with Crippen LogP contribution in [-0.2, 0) is 4.79 Å². The highest BCUT2D eigenvalue weighted by Crippen LogP contribution is 2.21. The summed E-state index contributed by atoms with van der Waals surface area (Å²) in [6.07, 6.45) is 0. The Labute approximate surface area is 118 Å². The molecular formula is C12H13BrClNO3. The molecule has 0 heterocycles. The van der Waals surface area contributed by atoms with Crippen molar-refractivity contribution >= 4 is 39.4 Å². The van der Waals surface area contributed by atoms with Gasteiger partial charge in [0.15, 0.2) is 0 Å². The minimum atomic E-state index is -1.02. The first-order valence-corrected chi connectivity index (χ1v) is 6.38. The molecular weight excluding hydrogens is 321 g/mol. The Kier molecular flexibility index (Phi) is 4.76. The minimum Gasteiger partial charge on any atom is -0.481 e. The van der Waals surface area contributed by atoms with Crippen LogP contribution in [0.1, 0.15) is 24.2 Å². The third-order valence-electron chi connectivity index (χ3n) is 2.45. The monoisotopic (exact) mass is 333 g/mol. The molecule has 0 fully saturated rings. The van der Waals surface area contributed by atoms with Crippen molar-refractivity contribution in [1.82, 2.24) is 5.32 Å². The SMILES string of the molecule is CC(C)(CNC(=O)c1ccc(Br)cc1Cl)C(=O)O. The van der Waals surface area contributed by atoms with Gasteiger partial charge in [-0.3, -0.25) is 9.59 Å². The molecule has 6 heteroatoms. The van der Waals surface area contributed by atoms with E-state index in [1.165, 1.54) is 0 Å². The maximum atomic E-state index is 11.8. The topological polar surface area (TPSA) is 66.4 Å². The predicted molar refractivity (Wildman–Crippen MR) is 72.9 cm³/mol. The normalized spacial score (nSPS) is 11.1. The smallest absolute Gasteiger partial charge is 0.310 e. The summed E-state index contributed by atoms with van der Waals surface area (Å²) < 4.78 is 0.773. The van der Waals surface area contributed by atoms with Crippen molar-refractivity contribution in [2.24, 2.45) is 5.41 Å². The third kappa shape index (κ3) is 3.71. The first-order valence-electron chi connectivity index (χ1n) is 5.20. The lowest BCUT2D eigenvalue weighted by molar-refractivity contribution is -0.146. The lowest BCUT2D eigenvalue weighted by atomic mass is 9.94. The molecule has 18 heavy (non-hydrogen) atoms. The van der Waals surface area contributed by atoms with Crippen LogP contribution in [-0.4, -0.2) is 23.5 Å². The number of hydrogen-bond acceptors (Lipinski definition) is 2. The number of benzene rings is 1. The number of aliphatic carboxylic acids is 1. The number of carbonyl (C=O) groups is 2. The van der Waals surface area contributed by atoms with Crippen LogP contribution in [0.4, 0.5) is 0 Å². The number of rotatable bonds is 4. The van der Waals surface area contributed by atoms with Gasteiger partial charge in [-0.05, 0) is 32.0 Å². The quantitative estimate of drug-likeness (QED) is 0.889. The van der Waals surface area contributed by atoms with Crippen LogP contribution in [0.25, 0.3) is 0 Å². The molecule has 98 valence electrons. The van der Waals surface area contributed by atoms with Crippen molar-refractivity contribution in [2.75, 3.05) is 6.54 Å². The molecule has 0 aliphatic heterocycles. The second-order valence-electron chi connectivity index (χ2n) is 4.50. The van der Waals surface area contributed by atoms with Crippen molar-refractivity contribution in [2.45, 2.75) is 13.8 Å². The van der Waals surface area contributed by atoms with Crippen LogP contribution in [0.2, 0.25) is 5.02 Å². The number of amides is 1. The van der Waals surface area contributed by atoms with Crippen LogP contribution >= 0.6 is 27.5 Å². The van der Waals surface area contributed by atoms with Crippen LogP contribution in [0, 0.1) is 5.41 Å². The fourth-order valence-electron chi connectivity index (χ4n) is 1.15. The summed E-state index contributed by atoms with van der Waals surface area (Å²) in [7, 11) is 0. The average molecular weight is 335 g/mol. The molecule has 0 spiro atoms. The van der Waals surface area contributed by atoms with E-state index in [0.717, 1.165) is 4.47 Å². The van der Waals surface area contributed by atoms with Crippen molar-refractivity contribution in [3.8, 4) is 0 Å². The first kappa shape index (κ1) is 15.0. The number of carboxylic acid groups (broad SMARTS) is 1. The number of halogens is 2. The van der Waals surface area contributed by atoms with Crippen molar-refractivity contribution < 1.29 is 14.7 Å². The van der Waals surface area contributed by atoms with Gasteiger partial charge < -0.3 is 10.4 Å².